The van der Waals surface area contributed by atoms with Crippen molar-refractivity contribution in [2.45, 2.75) is 31.5 Å². The molecule has 0 aliphatic heterocycles. The first kappa shape index (κ1) is 15.9. The normalized spacial score (nSPS) is 19.8. The molecule has 1 aliphatic rings. The first-order valence-corrected chi connectivity index (χ1v) is 7.61. The van der Waals surface area contributed by atoms with Gasteiger partial charge in [0, 0.05) is 6.54 Å². The van der Waals surface area contributed by atoms with Gasteiger partial charge >= 0.3 is 6.61 Å². The Balaban J connectivity index is 1.75. The van der Waals surface area contributed by atoms with Gasteiger partial charge in [0.05, 0.1) is 12.1 Å². The summed E-state index contributed by atoms with van der Waals surface area (Å²) in [4.78, 5) is 0. The van der Waals surface area contributed by atoms with Crippen LogP contribution < -0.4 is 10.1 Å². The van der Waals surface area contributed by atoms with Crippen LogP contribution in [0.4, 0.5) is 8.78 Å². The van der Waals surface area contributed by atoms with Gasteiger partial charge in [-0.25, -0.2) is 0 Å². The summed E-state index contributed by atoms with van der Waals surface area (Å²) in [5, 5.41) is 13.3. The van der Waals surface area contributed by atoms with Gasteiger partial charge < -0.3 is 15.2 Å². The Morgan fingerprint density at radius 2 is 2.00 bits per heavy atom. The number of rotatable bonds is 6. The Labute approximate surface area is 133 Å². The summed E-state index contributed by atoms with van der Waals surface area (Å²) in [5.41, 5.74) is 2.71. The zero-order chi connectivity index (χ0) is 16.3. The molecule has 0 amide bonds. The Morgan fingerprint density at radius 1 is 1.17 bits per heavy atom. The van der Waals surface area contributed by atoms with E-state index >= 15 is 0 Å². The predicted molar refractivity (Wildman–Crippen MR) is 83.4 cm³/mol. The van der Waals surface area contributed by atoms with E-state index in [1.807, 2.05) is 24.3 Å². The molecule has 1 unspecified atom stereocenters. The number of fused-ring (bicyclic) bond motifs is 1. The maximum atomic E-state index is 12.3. The molecule has 5 heteroatoms. The Morgan fingerprint density at radius 3 is 2.78 bits per heavy atom. The molecular formula is C18H19F2NO2. The van der Waals surface area contributed by atoms with Crippen molar-refractivity contribution in [1.29, 1.82) is 0 Å². The number of benzene rings is 2. The first-order chi connectivity index (χ1) is 11.1. The molecule has 0 bridgehead atoms. The Kier molecular flexibility index (Phi) is 4.59. The van der Waals surface area contributed by atoms with E-state index in [1.54, 1.807) is 12.1 Å². The molecule has 0 heterocycles. The van der Waals surface area contributed by atoms with E-state index in [2.05, 4.69) is 16.1 Å². The van der Waals surface area contributed by atoms with Crippen LogP contribution in [0.15, 0.2) is 48.5 Å². The lowest BCUT2D eigenvalue weighted by Crippen LogP contribution is -2.43. The first-order valence-electron chi connectivity index (χ1n) is 7.61. The number of ether oxygens (including phenoxy) is 1. The molecule has 1 atom stereocenters. The van der Waals surface area contributed by atoms with Gasteiger partial charge in [0.1, 0.15) is 5.75 Å². The lowest BCUT2D eigenvalue weighted by Gasteiger charge is -2.30. The van der Waals surface area contributed by atoms with Gasteiger partial charge in [-0.05, 0) is 41.7 Å². The van der Waals surface area contributed by atoms with Crippen LogP contribution in [0.2, 0.25) is 0 Å². The highest BCUT2D eigenvalue weighted by atomic mass is 19.3. The predicted octanol–water partition coefficient (Wildman–Crippen LogP) is 3.21. The van der Waals surface area contributed by atoms with Crippen molar-refractivity contribution in [2.24, 2.45) is 0 Å². The van der Waals surface area contributed by atoms with Crippen LogP contribution in [0.1, 0.15) is 23.1 Å². The van der Waals surface area contributed by atoms with Crippen molar-refractivity contribution in [2.75, 3.05) is 6.61 Å². The summed E-state index contributed by atoms with van der Waals surface area (Å²) in [7, 11) is 0. The third-order valence-electron chi connectivity index (χ3n) is 4.38. The highest BCUT2D eigenvalue weighted by molar-refractivity contribution is 5.39. The second kappa shape index (κ2) is 6.64. The highest BCUT2D eigenvalue weighted by Crippen LogP contribution is 2.36. The van der Waals surface area contributed by atoms with Crippen LogP contribution in [0.5, 0.6) is 5.75 Å². The standard InChI is InChI=1S/C18H19F2NO2/c19-17(20)23-15-6-3-4-13(10-15)11-21-18(12-22)9-8-14-5-1-2-7-16(14)18/h1-7,10,17,21-22H,8-9,11-12H2. The van der Waals surface area contributed by atoms with Gasteiger partial charge in [0.2, 0.25) is 0 Å². The van der Waals surface area contributed by atoms with Gasteiger partial charge in [-0.2, -0.15) is 8.78 Å². The van der Waals surface area contributed by atoms with Gasteiger partial charge in [-0.1, -0.05) is 36.4 Å². The molecular weight excluding hydrogens is 300 g/mol. The number of aryl methyl sites for hydroxylation is 1. The quantitative estimate of drug-likeness (QED) is 0.859. The minimum Gasteiger partial charge on any atom is -0.435 e. The highest BCUT2D eigenvalue weighted by Gasteiger charge is 2.37. The number of halogens is 2. The second-order valence-corrected chi connectivity index (χ2v) is 5.78. The van der Waals surface area contributed by atoms with Crippen molar-refractivity contribution in [3.63, 3.8) is 0 Å². The zero-order valence-corrected chi connectivity index (χ0v) is 12.6. The van der Waals surface area contributed by atoms with Crippen LogP contribution in [-0.4, -0.2) is 18.3 Å². The maximum Gasteiger partial charge on any atom is 0.387 e. The number of aliphatic hydroxyl groups is 1. The summed E-state index contributed by atoms with van der Waals surface area (Å²) >= 11 is 0. The van der Waals surface area contributed by atoms with Crippen molar-refractivity contribution < 1.29 is 18.6 Å². The second-order valence-electron chi connectivity index (χ2n) is 5.78. The monoisotopic (exact) mass is 319 g/mol. The lowest BCUT2D eigenvalue weighted by atomic mass is 9.92. The molecule has 1 aliphatic carbocycles. The molecule has 2 aromatic carbocycles. The van der Waals surface area contributed by atoms with Gasteiger partial charge in [0.25, 0.3) is 0 Å². The SMILES string of the molecule is OCC1(NCc2cccc(OC(F)F)c2)CCc2ccccc21. The van der Waals surface area contributed by atoms with Crippen LogP contribution in [0.3, 0.4) is 0 Å². The molecule has 0 saturated carbocycles. The van der Waals surface area contributed by atoms with E-state index in [-0.39, 0.29) is 12.4 Å². The zero-order valence-electron chi connectivity index (χ0n) is 12.6. The van der Waals surface area contributed by atoms with Crippen molar-refractivity contribution in [1.82, 2.24) is 5.32 Å². The number of alkyl halides is 2. The molecule has 0 radical (unpaired) electrons. The smallest absolute Gasteiger partial charge is 0.387 e. The summed E-state index contributed by atoms with van der Waals surface area (Å²) in [5.74, 6) is 0.143. The molecule has 3 nitrogen and oxygen atoms in total. The van der Waals surface area contributed by atoms with Crippen molar-refractivity contribution >= 4 is 0 Å². The fourth-order valence-corrected chi connectivity index (χ4v) is 3.19. The van der Waals surface area contributed by atoms with Gasteiger partial charge in [0.15, 0.2) is 0 Å². The van der Waals surface area contributed by atoms with E-state index in [9.17, 15) is 13.9 Å². The molecule has 0 fully saturated rings. The van der Waals surface area contributed by atoms with Crippen molar-refractivity contribution in [3.05, 3.63) is 65.2 Å². The summed E-state index contributed by atoms with van der Waals surface area (Å²) < 4.78 is 29.0. The third kappa shape index (κ3) is 3.35. The molecule has 2 aromatic rings. The average Bonchev–Trinajstić information content (AvgIpc) is 2.92. The number of aliphatic hydroxyl groups excluding tert-OH is 1. The number of hydrogen-bond donors (Lipinski definition) is 2. The fourth-order valence-electron chi connectivity index (χ4n) is 3.19. The van der Waals surface area contributed by atoms with Crippen LogP contribution in [-0.2, 0) is 18.5 Å². The molecule has 0 saturated heterocycles. The van der Waals surface area contributed by atoms with E-state index in [4.69, 9.17) is 0 Å². The number of hydrogen-bond acceptors (Lipinski definition) is 3. The third-order valence-corrected chi connectivity index (χ3v) is 4.38. The largest absolute Gasteiger partial charge is 0.435 e. The maximum absolute atomic E-state index is 12.3. The average molecular weight is 319 g/mol. The van der Waals surface area contributed by atoms with Crippen LogP contribution in [0.25, 0.3) is 0 Å². The van der Waals surface area contributed by atoms with Crippen LogP contribution in [0, 0.1) is 0 Å². The van der Waals surface area contributed by atoms with E-state index in [1.165, 1.54) is 11.6 Å². The molecule has 23 heavy (non-hydrogen) atoms. The Bertz CT molecular complexity index is 678. The lowest BCUT2D eigenvalue weighted by molar-refractivity contribution is -0.0498. The molecule has 0 spiro atoms. The van der Waals surface area contributed by atoms with Gasteiger partial charge in [-0.3, -0.25) is 0 Å². The summed E-state index contributed by atoms with van der Waals surface area (Å²) in [6.45, 7) is -2.37. The number of nitrogens with one attached hydrogen (secondary N) is 1. The molecule has 0 aromatic heterocycles. The minimum absolute atomic E-state index is 0.00274. The van der Waals surface area contributed by atoms with Gasteiger partial charge in [-0.15, -0.1) is 0 Å². The molecule has 3 rings (SSSR count). The minimum atomic E-state index is -2.83. The summed E-state index contributed by atoms with van der Waals surface area (Å²) in [6, 6.07) is 14.7. The topological polar surface area (TPSA) is 41.5 Å². The molecule has 122 valence electrons. The van der Waals surface area contributed by atoms with Crippen LogP contribution >= 0.6 is 0 Å². The van der Waals surface area contributed by atoms with E-state index in [0.29, 0.717) is 6.54 Å². The summed E-state index contributed by atoms with van der Waals surface area (Å²) in [6.07, 6.45) is 1.73. The van der Waals surface area contributed by atoms with Crippen molar-refractivity contribution in [3.8, 4) is 5.75 Å². The fraction of sp³-hybridized carbons (Fsp3) is 0.333. The van der Waals surface area contributed by atoms with E-state index in [0.717, 1.165) is 24.0 Å². The molecule has 2 N–H and O–H groups in total. The Hall–Kier alpha value is -1.98. The van der Waals surface area contributed by atoms with E-state index < -0.39 is 12.2 Å².